The Kier molecular flexibility index (Phi) is 3.21. The van der Waals surface area contributed by atoms with Crippen LogP contribution in [0, 0.1) is 13.8 Å². The fraction of sp³-hybridized carbons (Fsp3) is 0.412. The molecule has 0 saturated carbocycles. The van der Waals surface area contributed by atoms with Crippen molar-refractivity contribution in [2.24, 2.45) is 7.05 Å². The zero-order valence-electron chi connectivity index (χ0n) is 13.6. The van der Waals surface area contributed by atoms with E-state index in [1.165, 1.54) is 0 Å². The molecule has 23 heavy (non-hydrogen) atoms. The van der Waals surface area contributed by atoms with Crippen molar-refractivity contribution in [3.8, 4) is 0 Å². The molecule has 0 amide bonds. The number of aliphatic hydroxyl groups is 1. The number of thiazole rings is 1. The van der Waals surface area contributed by atoms with Crippen LogP contribution >= 0.6 is 11.3 Å². The van der Waals surface area contributed by atoms with Gasteiger partial charge in [-0.1, -0.05) is 35.6 Å². The Balaban J connectivity index is 1.67. The Labute approximate surface area is 139 Å². The summed E-state index contributed by atoms with van der Waals surface area (Å²) in [5.74, 6) is 0. The number of hydrogen-bond donors (Lipinski definition) is 1. The molecule has 1 aliphatic rings. The van der Waals surface area contributed by atoms with E-state index in [4.69, 9.17) is 4.98 Å². The van der Waals surface area contributed by atoms with E-state index >= 15 is 0 Å². The molecule has 4 rings (SSSR count). The van der Waals surface area contributed by atoms with Gasteiger partial charge >= 0.3 is 0 Å². The number of benzene rings is 1. The first-order valence-electron chi connectivity index (χ1n) is 7.81. The van der Waals surface area contributed by atoms with Gasteiger partial charge in [-0.3, -0.25) is 0 Å². The van der Waals surface area contributed by atoms with Crippen molar-refractivity contribution in [2.75, 3.05) is 18.0 Å². The van der Waals surface area contributed by atoms with Crippen molar-refractivity contribution in [3.05, 3.63) is 41.1 Å². The third-order valence-electron chi connectivity index (χ3n) is 4.70. The molecule has 0 aliphatic carbocycles. The molecule has 1 saturated heterocycles. The van der Waals surface area contributed by atoms with Gasteiger partial charge < -0.3 is 10.0 Å². The molecule has 1 atom stereocenters. The third kappa shape index (κ3) is 2.24. The molecular weight excluding hydrogens is 308 g/mol. The van der Waals surface area contributed by atoms with Crippen LogP contribution in [-0.4, -0.2) is 33.0 Å². The summed E-state index contributed by atoms with van der Waals surface area (Å²) in [6.07, 6.45) is 0.727. The number of hydrogen-bond acceptors (Lipinski definition) is 5. The lowest BCUT2D eigenvalue weighted by molar-refractivity contribution is 0.0600. The Hall–Kier alpha value is -1.92. The lowest BCUT2D eigenvalue weighted by Gasteiger charge is -2.25. The predicted octanol–water partition coefficient (Wildman–Crippen LogP) is 2.74. The molecule has 3 heterocycles. The Morgan fingerprint density at radius 1 is 1.26 bits per heavy atom. The van der Waals surface area contributed by atoms with Gasteiger partial charge in [-0.05, 0) is 31.4 Å². The normalized spacial score (nSPS) is 21.5. The van der Waals surface area contributed by atoms with Crippen LogP contribution in [0.2, 0.25) is 0 Å². The van der Waals surface area contributed by atoms with Gasteiger partial charge in [0.1, 0.15) is 5.60 Å². The van der Waals surface area contributed by atoms with Crippen LogP contribution in [0.25, 0.3) is 10.3 Å². The van der Waals surface area contributed by atoms with Crippen LogP contribution < -0.4 is 4.90 Å². The quantitative estimate of drug-likeness (QED) is 0.786. The number of aryl methyl sites for hydroxylation is 3. The molecule has 0 spiro atoms. The first-order chi connectivity index (χ1) is 11.0. The van der Waals surface area contributed by atoms with Crippen molar-refractivity contribution >= 4 is 26.8 Å². The number of nitrogens with zero attached hydrogens (tertiary/aromatic N) is 4. The summed E-state index contributed by atoms with van der Waals surface area (Å²) >= 11 is 1.66. The van der Waals surface area contributed by atoms with Crippen LogP contribution in [0.15, 0.2) is 24.3 Å². The SMILES string of the molecule is Cc1ccccc1[C@]1(O)CCN(c2nc3c(s2)c(C)nn3C)C1. The predicted molar refractivity (Wildman–Crippen MR) is 93.0 cm³/mol. The van der Waals surface area contributed by atoms with E-state index in [0.29, 0.717) is 6.54 Å². The largest absolute Gasteiger partial charge is 0.383 e. The van der Waals surface area contributed by atoms with Gasteiger partial charge in [0.05, 0.1) is 16.9 Å². The first-order valence-corrected chi connectivity index (χ1v) is 8.63. The molecular formula is C17H20N4OS. The maximum atomic E-state index is 11.1. The lowest BCUT2D eigenvalue weighted by Crippen LogP contribution is -2.31. The second kappa shape index (κ2) is 5.04. The highest BCUT2D eigenvalue weighted by Gasteiger charge is 2.39. The van der Waals surface area contributed by atoms with Crippen LogP contribution in [0.3, 0.4) is 0 Å². The molecule has 0 bridgehead atoms. The zero-order valence-corrected chi connectivity index (χ0v) is 14.4. The molecule has 1 aromatic carbocycles. The van der Waals surface area contributed by atoms with Crippen molar-refractivity contribution in [2.45, 2.75) is 25.9 Å². The minimum atomic E-state index is -0.795. The van der Waals surface area contributed by atoms with Crippen molar-refractivity contribution in [1.82, 2.24) is 14.8 Å². The van der Waals surface area contributed by atoms with Gasteiger partial charge in [0.25, 0.3) is 0 Å². The maximum Gasteiger partial charge on any atom is 0.188 e. The summed E-state index contributed by atoms with van der Waals surface area (Å²) in [5.41, 5.74) is 3.31. The Bertz CT molecular complexity index is 849. The van der Waals surface area contributed by atoms with E-state index in [2.05, 4.69) is 23.0 Å². The summed E-state index contributed by atoms with van der Waals surface area (Å²) in [6, 6.07) is 8.10. The average molecular weight is 328 g/mol. The molecule has 1 fully saturated rings. The number of aromatic nitrogens is 3. The van der Waals surface area contributed by atoms with E-state index in [0.717, 1.165) is 45.3 Å². The van der Waals surface area contributed by atoms with E-state index < -0.39 is 5.60 Å². The second-order valence-electron chi connectivity index (χ2n) is 6.38. The van der Waals surface area contributed by atoms with Gasteiger partial charge in [0, 0.05) is 13.6 Å². The monoisotopic (exact) mass is 328 g/mol. The van der Waals surface area contributed by atoms with E-state index in [1.54, 1.807) is 11.3 Å². The number of anilines is 1. The lowest BCUT2D eigenvalue weighted by atomic mass is 9.90. The molecule has 1 aliphatic heterocycles. The fourth-order valence-corrected chi connectivity index (χ4v) is 4.54. The van der Waals surface area contributed by atoms with Gasteiger partial charge in [-0.15, -0.1) is 0 Å². The second-order valence-corrected chi connectivity index (χ2v) is 7.35. The Morgan fingerprint density at radius 3 is 2.78 bits per heavy atom. The molecule has 0 radical (unpaired) electrons. The van der Waals surface area contributed by atoms with Crippen LogP contribution in [0.1, 0.15) is 23.2 Å². The summed E-state index contributed by atoms with van der Waals surface area (Å²) in [4.78, 5) is 6.92. The maximum absolute atomic E-state index is 11.1. The average Bonchev–Trinajstić information content (AvgIpc) is 3.17. The zero-order chi connectivity index (χ0) is 16.2. The molecule has 0 unspecified atom stereocenters. The Morgan fingerprint density at radius 2 is 2.04 bits per heavy atom. The molecule has 1 N–H and O–H groups in total. The van der Waals surface area contributed by atoms with Crippen molar-refractivity contribution in [3.63, 3.8) is 0 Å². The summed E-state index contributed by atoms with van der Waals surface area (Å²) < 4.78 is 2.96. The molecule has 120 valence electrons. The van der Waals surface area contributed by atoms with Crippen LogP contribution in [0.4, 0.5) is 5.13 Å². The topological polar surface area (TPSA) is 54.2 Å². The van der Waals surface area contributed by atoms with E-state index in [1.807, 2.05) is 36.9 Å². The number of fused-ring (bicyclic) bond motifs is 1. The minimum absolute atomic E-state index is 0.587. The van der Waals surface area contributed by atoms with Gasteiger partial charge in [0.15, 0.2) is 10.8 Å². The summed E-state index contributed by atoms with van der Waals surface area (Å²) in [7, 11) is 1.92. The van der Waals surface area contributed by atoms with Gasteiger partial charge in [0.2, 0.25) is 0 Å². The number of β-amino-alcohol motifs (C(OH)–C–C–N with tert-alkyl or cyclic N) is 1. The van der Waals surface area contributed by atoms with Crippen molar-refractivity contribution in [1.29, 1.82) is 0 Å². The smallest absolute Gasteiger partial charge is 0.188 e. The third-order valence-corrected chi connectivity index (χ3v) is 5.91. The van der Waals surface area contributed by atoms with Crippen LogP contribution in [0.5, 0.6) is 0 Å². The van der Waals surface area contributed by atoms with Gasteiger partial charge in [-0.25, -0.2) is 9.67 Å². The van der Waals surface area contributed by atoms with E-state index in [-0.39, 0.29) is 0 Å². The highest BCUT2D eigenvalue weighted by Crippen LogP contribution is 2.39. The molecule has 5 nitrogen and oxygen atoms in total. The number of rotatable bonds is 2. The van der Waals surface area contributed by atoms with Gasteiger partial charge in [-0.2, -0.15) is 5.10 Å². The van der Waals surface area contributed by atoms with Crippen molar-refractivity contribution < 1.29 is 5.11 Å². The van der Waals surface area contributed by atoms with Crippen LogP contribution in [-0.2, 0) is 12.6 Å². The minimum Gasteiger partial charge on any atom is -0.383 e. The summed E-state index contributed by atoms with van der Waals surface area (Å²) in [6.45, 7) is 5.47. The first kappa shape index (κ1) is 14.7. The molecule has 2 aromatic heterocycles. The highest BCUT2D eigenvalue weighted by atomic mass is 32.1. The van der Waals surface area contributed by atoms with E-state index in [9.17, 15) is 5.11 Å². The summed E-state index contributed by atoms with van der Waals surface area (Å²) in [5, 5.41) is 16.5. The molecule has 6 heteroatoms. The standard InChI is InChI=1S/C17H20N4OS/c1-11-6-4-5-7-13(11)17(22)8-9-21(10-17)16-18-15-14(23-16)12(2)19-20(15)3/h4-7,22H,8-10H2,1-3H3/t17-/m0/s1. The fourth-order valence-electron chi connectivity index (χ4n) is 3.48. The molecule has 3 aromatic rings. The highest BCUT2D eigenvalue weighted by molar-refractivity contribution is 7.22.